The molecule has 0 aliphatic carbocycles. The number of ether oxygens (including phenoxy) is 1. The highest BCUT2D eigenvalue weighted by molar-refractivity contribution is 14.0. The van der Waals surface area contributed by atoms with E-state index in [0.717, 1.165) is 18.1 Å². The third-order valence-corrected chi connectivity index (χ3v) is 3.86. The molecule has 0 aliphatic rings. The van der Waals surface area contributed by atoms with Crippen LogP contribution in [-0.4, -0.2) is 24.2 Å². The predicted molar refractivity (Wildman–Crippen MR) is 111 cm³/mol. The van der Waals surface area contributed by atoms with E-state index in [4.69, 9.17) is 4.74 Å². The largest absolute Gasteiger partial charge is 0.504 e. The number of benzene rings is 1. The SMILES string of the molecule is CCNC(=NCc1ccsc1)NCc1ccc(O)c(OCC)c1.I. The molecule has 0 fully saturated rings. The van der Waals surface area contributed by atoms with Crippen LogP contribution in [0.4, 0.5) is 0 Å². The summed E-state index contributed by atoms with van der Waals surface area (Å²) in [5.74, 6) is 1.44. The van der Waals surface area contributed by atoms with E-state index in [0.29, 0.717) is 25.4 Å². The fourth-order valence-electron chi connectivity index (χ4n) is 2.02. The fraction of sp³-hybridized carbons (Fsp3) is 0.353. The van der Waals surface area contributed by atoms with Crippen LogP contribution in [0.25, 0.3) is 0 Å². The minimum atomic E-state index is 0. The molecule has 7 heteroatoms. The van der Waals surface area contributed by atoms with Gasteiger partial charge in [0.1, 0.15) is 0 Å². The van der Waals surface area contributed by atoms with Gasteiger partial charge in [0.25, 0.3) is 0 Å². The van der Waals surface area contributed by atoms with E-state index < -0.39 is 0 Å². The summed E-state index contributed by atoms with van der Waals surface area (Å²) in [6.07, 6.45) is 0. The minimum Gasteiger partial charge on any atom is -0.504 e. The lowest BCUT2D eigenvalue weighted by Crippen LogP contribution is -2.36. The first-order valence-electron chi connectivity index (χ1n) is 7.70. The normalized spacial score (nSPS) is 10.8. The van der Waals surface area contributed by atoms with Gasteiger partial charge in [-0.15, -0.1) is 24.0 Å². The molecule has 1 aromatic carbocycles. The van der Waals surface area contributed by atoms with Gasteiger partial charge in [-0.1, -0.05) is 6.07 Å². The molecule has 0 atom stereocenters. The third kappa shape index (κ3) is 6.56. The first-order chi connectivity index (χ1) is 11.2. The lowest BCUT2D eigenvalue weighted by Gasteiger charge is -2.12. The van der Waals surface area contributed by atoms with Gasteiger partial charge in [-0.2, -0.15) is 11.3 Å². The molecule has 0 bridgehead atoms. The van der Waals surface area contributed by atoms with Crippen LogP contribution in [0.1, 0.15) is 25.0 Å². The highest BCUT2D eigenvalue weighted by atomic mass is 127. The average molecular weight is 461 g/mol. The molecule has 0 aliphatic heterocycles. The van der Waals surface area contributed by atoms with Crippen molar-refractivity contribution in [2.45, 2.75) is 26.9 Å². The molecule has 2 rings (SSSR count). The van der Waals surface area contributed by atoms with Gasteiger partial charge in [0, 0.05) is 13.1 Å². The maximum atomic E-state index is 9.74. The van der Waals surface area contributed by atoms with Crippen molar-refractivity contribution in [3.63, 3.8) is 0 Å². The third-order valence-electron chi connectivity index (χ3n) is 3.13. The molecular weight excluding hydrogens is 437 g/mol. The van der Waals surface area contributed by atoms with Crippen LogP contribution in [0.5, 0.6) is 11.5 Å². The van der Waals surface area contributed by atoms with Crippen molar-refractivity contribution in [3.8, 4) is 11.5 Å². The number of nitrogens with one attached hydrogen (secondary N) is 2. The van der Waals surface area contributed by atoms with Crippen LogP contribution < -0.4 is 15.4 Å². The lowest BCUT2D eigenvalue weighted by molar-refractivity contribution is 0.317. The Morgan fingerprint density at radius 3 is 2.71 bits per heavy atom. The molecule has 1 aromatic heterocycles. The molecule has 0 radical (unpaired) electrons. The summed E-state index contributed by atoms with van der Waals surface area (Å²) in [6.45, 7) is 6.51. The van der Waals surface area contributed by atoms with Crippen LogP contribution in [0.15, 0.2) is 40.0 Å². The molecule has 0 unspecified atom stereocenters. The fourth-order valence-corrected chi connectivity index (χ4v) is 2.68. The maximum absolute atomic E-state index is 9.74. The maximum Gasteiger partial charge on any atom is 0.191 e. The van der Waals surface area contributed by atoms with E-state index in [-0.39, 0.29) is 29.7 Å². The number of aliphatic imine (C=N–C) groups is 1. The van der Waals surface area contributed by atoms with Gasteiger partial charge in [0.05, 0.1) is 13.2 Å². The first kappa shape index (κ1) is 20.6. The van der Waals surface area contributed by atoms with Crippen molar-refractivity contribution in [1.82, 2.24) is 10.6 Å². The van der Waals surface area contributed by atoms with Crippen LogP contribution in [0, 0.1) is 0 Å². The summed E-state index contributed by atoms with van der Waals surface area (Å²) in [6, 6.07) is 7.44. The smallest absolute Gasteiger partial charge is 0.191 e. The molecule has 0 amide bonds. The minimum absolute atomic E-state index is 0. The van der Waals surface area contributed by atoms with E-state index in [1.54, 1.807) is 17.4 Å². The van der Waals surface area contributed by atoms with Crippen LogP contribution >= 0.6 is 35.3 Å². The topological polar surface area (TPSA) is 65.9 Å². The number of phenolic OH excluding ortho intramolecular Hbond substituents is 1. The second kappa shape index (κ2) is 11.1. The zero-order valence-corrected chi connectivity index (χ0v) is 17.1. The molecule has 132 valence electrons. The van der Waals surface area contributed by atoms with Gasteiger partial charge in [-0.25, -0.2) is 4.99 Å². The number of rotatable bonds is 7. The summed E-state index contributed by atoms with van der Waals surface area (Å²) < 4.78 is 5.41. The van der Waals surface area contributed by atoms with E-state index in [1.165, 1.54) is 5.56 Å². The van der Waals surface area contributed by atoms with Gasteiger partial charge in [-0.05, 0) is 53.9 Å². The van der Waals surface area contributed by atoms with Crippen molar-refractivity contribution in [2.24, 2.45) is 4.99 Å². The standard InChI is InChI=1S/C17H23N3O2S.HI/c1-3-18-17(20-11-14-7-8-23-12-14)19-10-13-5-6-15(21)16(9-13)22-4-2;/h5-9,12,21H,3-4,10-11H2,1-2H3,(H2,18,19,20);1H. The van der Waals surface area contributed by atoms with Crippen LogP contribution in [0.2, 0.25) is 0 Å². The Bertz CT molecular complexity index is 633. The number of aromatic hydroxyl groups is 1. The van der Waals surface area contributed by atoms with Gasteiger partial charge < -0.3 is 20.5 Å². The molecule has 3 N–H and O–H groups in total. The predicted octanol–water partition coefficient (Wildman–Crippen LogP) is 3.73. The molecule has 2 aromatic rings. The van der Waals surface area contributed by atoms with Gasteiger partial charge in [-0.3, -0.25) is 0 Å². The number of hydrogen-bond donors (Lipinski definition) is 3. The number of thiophene rings is 1. The molecule has 5 nitrogen and oxygen atoms in total. The highest BCUT2D eigenvalue weighted by Crippen LogP contribution is 2.26. The molecule has 1 heterocycles. The number of hydrogen-bond acceptors (Lipinski definition) is 4. The zero-order chi connectivity index (χ0) is 16.5. The molecule has 24 heavy (non-hydrogen) atoms. The Kier molecular flexibility index (Phi) is 9.55. The molecule has 0 saturated carbocycles. The van der Waals surface area contributed by atoms with Crippen molar-refractivity contribution in [2.75, 3.05) is 13.2 Å². The highest BCUT2D eigenvalue weighted by Gasteiger charge is 2.04. The first-order valence-corrected chi connectivity index (χ1v) is 8.65. The molecule has 0 saturated heterocycles. The van der Waals surface area contributed by atoms with Crippen LogP contribution in [-0.2, 0) is 13.1 Å². The Morgan fingerprint density at radius 1 is 1.21 bits per heavy atom. The Labute approximate surface area is 164 Å². The number of phenols is 1. The number of nitrogens with zero attached hydrogens (tertiary/aromatic N) is 1. The molecular formula is C17H24IN3O2S. The van der Waals surface area contributed by atoms with Crippen molar-refractivity contribution in [3.05, 3.63) is 46.2 Å². The lowest BCUT2D eigenvalue weighted by atomic mass is 10.2. The van der Waals surface area contributed by atoms with Crippen molar-refractivity contribution in [1.29, 1.82) is 0 Å². The summed E-state index contributed by atoms with van der Waals surface area (Å²) in [4.78, 5) is 4.57. The van der Waals surface area contributed by atoms with Crippen molar-refractivity contribution >= 4 is 41.3 Å². The zero-order valence-electron chi connectivity index (χ0n) is 13.9. The number of guanidine groups is 1. The Morgan fingerprint density at radius 2 is 2.04 bits per heavy atom. The van der Waals surface area contributed by atoms with Gasteiger partial charge in [0.15, 0.2) is 17.5 Å². The Balaban J connectivity index is 0.00000288. The van der Waals surface area contributed by atoms with E-state index >= 15 is 0 Å². The second-order valence-corrected chi connectivity index (χ2v) is 5.70. The van der Waals surface area contributed by atoms with E-state index in [9.17, 15) is 5.11 Å². The van der Waals surface area contributed by atoms with E-state index in [2.05, 4.69) is 32.5 Å². The molecule has 0 spiro atoms. The summed E-state index contributed by atoms with van der Waals surface area (Å²) in [5, 5.41) is 20.4. The second-order valence-electron chi connectivity index (χ2n) is 4.92. The van der Waals surface area contributed by atoms with Crippen molar-refractivity contribution < 1.29 is 9.84 Å². The summed E-state index contributed by atoms with van der Waals surface area (Å²) in [7, 11) is 0. The summed E-state index contributed by atoms with van der Waals surface area (Å²) in [5.41, 5.74) is 2.22. The quantitative estimate of drug-likeness (QED) is 0.334. The average Bonchev–Trinajstić information content (AvgIpc) is 3.06. The van der Waals surface area contributed by atoms with Gasteiger partial charge in [0.2, 0.25) is 0 Å². The number of halogens is 1. The Hall–Kier alpha value is -1.48. The van der Waals surface area contributed by atoms with Gasteiger partial charge >= 0.3 is 0 Å². The van der Waals surface area contributed by atoms with Crippen LogP contribution in [0.3, 0.4) is 0 Å². The van der Waals surface area contributed by atoms with E-state index in [1.807, 2.05) is 26.0 Å². The summed E-state index contributed by atoms with van der Waals surface area (Å²) >= 11 is 1.67. The monoisotopic (exact) mass is 461 g/mol.